The molecule has 1 aromatic rings. The zero-order valence-electron chi connectivity index (χ0n) is 9.12. The molecule has 1 aliphatic rings. The van der Waals surface area contributed by atoms with Crippen molar-refractivity contribution in [3.63, 3.8) is 0 Å². The van der Waals surface area contributed by atoms with Crippen LogP contribution in [0.3, 0.4) is 0 Å². The van der Waals surface area contributed by atoms with Gasteiger partial charge >= 0.3 is 0 Å². The fraction of sp³-hybridized carbons (Fsp3) is 0.500. The van der Waals surface area contributed by atoms with Crippen LogP contribution in [0.1, 0.15) is 18.4 Å². The second-order valence-electron chi connectivity index (χ2n) is 4.53. The highest BCUT2D eigenvalue weighted by molar-refractivity contribution is 9.10. The molecule has 0 heterocycles. The fourth-order valence-corrected chi connectivity index (χ4v) is 2.45. The summed E-state index contributed by atoms with van der Waals surface area (Å²) >= 11 is 3.09. The lowest BCUT2D eigenvalue weighted by molar-refractivity contribution is 0.447. The second kappa shape index (κ2) is 4.41. The van der Waals surface area contributed by atoms with Crippen LogP contribution in [0.15, 0.2) is 16.6 Å². The Morgan fingerprint density at radius 3 is 2.62 bits per heavy atom. The quantitative estimate of drug-likeness (QED) is 0.839. The third-order valence-corrected chi connectivity index (χ3v) is 3.81. The molecule has 1 fully saturated rings. The van der Waals surface area contributed by atoms with E-state index in [4.69, 9.17) is 0 Å². The Hall–Kier alpha value is -0.480. The number of halogens is 3. The summed E-state index contributed by atoms with van der Waals surface area (Å²) in [6.07, 6.45) is 2.56. The van der Waals surface area contributed by atoms with Gasteiger partial charge in [-0.25, -0.2) is 8.78 Å². The lowest BCUT2D eigenvalue weighted by Crippen LogP contribution is -2.23. The van der Waals surface area contributed by atoms with E-state index < -0.39 is 11.6 Å². The minimum Gasteiger partial charge on any atom is -0.319 e. The average Bonchev–Trinajstić information content (AvgIpc) is 3.00. The van der Waals surface area contributed by atoms with Crippen molar-refractivity contribution in [3.05, 3.63) is 33.8 Å². The Morgan fingerprint density at radius 1 is 1.38 bits per heavy atom. The van der Waals surface area contributed by atoms with E-state index in [1.165, 1.54) is 12.1 Å². The van der Waals surface area contributed by atoms with Crippen LogP contribution >= 0.6 is 15.9 Å². The minimum absolute atomic E-state index is 0.0667. The SMILES string of the molecule is CNCC1(Cc2c(F)ccc(Br)c2F)CC1. The molecule has 88 valence electrons. The van der Waals surface area contributed by atoms with Gasteiger partial charge in [0.1, 0.15) is 11.6 Å². The van der Waals surface area contributed by atoms with Crippen molar-refractivity contribution < 1.29 is 8.78 Å². The predicted octanol–water partition coefficient (Wildman–Crippen LogP) is 3.27. The molecule has 0 saturated heterocycles. The van der Waals surface area contributed by atoms with Crippen molar-refractivity contribution in [2.24, 2.45) is 5.41 Å². The van der Waals surface area contributed by atoms with Crippen molar-refractivity contribution in [1.29, 1.82) is 0 Å². The molecule has 0 spiro atoms. The zero-order chi connectivity index (χ0) is 11.8. The Labute approximate surface area is 102 Å². The van der Waals surface area contributed by atoms with Crippen molar-refractivity contribution in [3.8, 4) is 0 Å². The van der Waals surface area contributed by atoms with Gasteiger partial charge in [-0.1, -0.05) is 0 Å². The van der Waals surface area contributed by atoms with Crippen molar-refractivity contribution >= 4 is 15.9 Å². The maximum atomic E-state index is 13.8. The minimum atomic E-state index is -0.456. The molecule has 16 heavy (non-hydrogen) atoms. The molecule has 2 rings (SSSR count). The Balaban J connectivity index is 2.24. The second-order valence-corrected chi connectivity index (χ2v) is 5.38. The van der Waals surface area contributed by atoms with E-state index in [2.05, 4.69) is 21.2 Å². The van der Waals surface area contributed by atoms with Gasteiger partial charge in [-0.3, -0.25) is 0 Å². The molecule has 0 unspecified atom stereocenters. The van der Waals surface area contributed by atoms with E-state index in [-0.39, 0.29) is 11.0 Å². The van der Waals surface area contributed by atoms with E-state index in [1.54, 1.807) is 0 Å². The summed E-state index contributed by atoms with van der Waals surface area (Å²) in [4.78, 5) is 0. The first-order valence-corrected chi connectivity index (χ1v) is 6.14. The summed E-state index contributed by atoms with van der Waals surface area (Å²) < 4.78 is 27.6. The lowest BCUT2D eigenvalue weighted by atomic mass is 9.95. The van der Waals surface area contributed by atoms with E-state index >= 15 is 0 Å². The molecule has 4 heteroatoms. The summed E-state index contributed by atoms with van der Waals surface area (Å²) in [7, 11) is 1.87. The third kappa shape index (κ3) is 2.28. The highest BCUT2D eigenvalue weighted by Crippen LogP contribution is 2.48. The van der Waals surface area contributed by atoms with Gasteiger partial charge in [-0.05, 0) is 59.8 Å². The molecule has 1 aromatic carbocycles. The highest BCUT2D eigenvalue weighted by atomic mass is 79.9. The Bertz CT molecular complexity index is 402. The van der Waals surface area contributed by atoms with Crippen LogP contribution in [-0.2, 0) is 6.42 Å². The molecular weight excluding hydrogens is 276 g/mol. The fourth-order valence-electron chi connectivity index (χ4n) is 2.07. The van der Waals surface area contributed by atoms with Crippen LogP contribution in [0.4, 0.5) is 8.78 Å². The summed E-state index contributed by atoms with van der Waals surface area (Å²) in [6, 6.07) is 2.73. The highest BCUT2D eigenvalue weighted by Gasteiger charge is 2.43. The van der Waals surface area contributed by atoms with E-state index in [9.17, 15) is 8.78 Å². The first kappa shape index (κ1) is 12.0. The summed E-state index contributed by atoms with van der Waals surface area (Å²) in [5.41, 5.74) is 0.277. The van der Waals surface area contributed by atoms with Gasteiger partial charge < -0.3 is 5.32 Å². The van der Waals surface area contributed by atoms with Gasteiger partial charge in [0.05, 0.1) is 4.47 Å². The monoisotopic (exact) mass is 289 g/mol. The number of benzene rings is 1. The smallest absolute Gasteiger partial charge is 0.143 e. The van der Waals surface area contributed by atoms with Crippen molar-refractivity contribution in [2.75, 3.05) is 13.6 Å². The molecule has 0 aliphatic heterocycles. The van der Waals surface area contributed by atoms with Crippen LogP contribution in [0.2, 0.25) is 0 Å². The van der Waals surface area contributed by atoms with Gasteiger partial charge in [0.2, 0.25) is 0 Å². The van der Waals surface area contributed by atoms with Crippen molar-refractivity contribution in [2.45, 2.75) is 19.3 Å². The van der Waals surface area contributed by atoms with Crippen LogP contribution in [0, 0.1) is 17.0 Å². The number of rotatable bonds is 4. The molecule has 0 radical (unpaired) electrons. The Morgan fingerprint density at radius 2 is 2.06 bits per heavy atom. The molecule has 1 N–H and O–H groups in total. The first-order valence-electron chi connectivity index (χ1n) is 5.35. The topological polar surface area (TPSA) is 12.0 Å². The Kier molecular flexibility index (Phi) is 3.31. The normalized spacial score (nSPS) is 17.5. The van der Waals surface area contributed by atoms with Crippen LogP contribution < -0.4 is 5.32 Å². The zero-order valence-corrected chi connectivity index (χ0v) is 10.7. The van der Waals surface area contributed by atoms with Crippen LogP contribution in [-0.4, -0.2) is 13.6 Å². The lowest BCUT2D eigenvalue weighted by Gasteiger charge is -2.16. The maximum absolute atomic E-state index is 13.8. The predicted molar refractivity (Wildman–Crippen MR) is 63.4 cm³/mol. The molecule has 0 atom stereocenters. The molecule has 1 nitrogen and oxygen atoms in total. The number of nitrogens with one attached hydrogen (secondary N) is 1. The number of hydrogen-bond acceptors (Lipinski definition) is 1. The molecule has 1 saturated carbocycles. The largest absolute Gasteiger partial charge is 0.319 e. The molecule has 0 aromatic heterocycles. The summed E-state index contributed by atoms with van der Waals surface area (Å²) in [5, 5.41) is 3.09. The molecule has 1 aliphatic carbocycles. The summed E-state index contributed by atoms with van der Waals surface area (Å²) in [5.74, 6) is -0.898. The molecular formula is C12H14BrF2N. The summed E-state index contributed by atoms with van der Waals surface area (Å²) in [6.45, 7) is 0.818. The van der Waals surface area contributed by atoms with Gasteiger partial charge in [-0.2, -0.15) is 0 Å². The van der Waals surface area contributed by atoms with E-state index in [1.807, 2.05) is 7.05 Å². The van der Waals surface area contributed by atoms with Gasteiger partial charge in [0.15, 0.2) is 0 Å². The van der Waals surface area contributed by atoms with Crippen molar-refractivity contribution in [1.82, 2.24) is 5.32 Å². The van der Waals surface area contributed by atoms with E-state index in [0.29, 0.717) is 10.9 Å². The molecule has 0 bridgehead atoms. The van der Waals surface area contributed by atoms with Gasteiger partial charge in [0, 0.05) is 12.1 Å². The third-order valence-electron chi connectivity index (χ3n) is 3.20. The molecule has 0 amide bonds. The average molecular weight is 290 g/mol. The van der Waals surface area contributed by atoms with E-state index in [0.717, 1.165) is 19.4 Å². The van der Waals surface area contributed by atoms with Crippen LogP contribution in [0.5, 0.6) is 0 Å². The first-order chi connectivity index (χ1) is 7.58. The van der Waals surface area contributed by atoms with Gasteiger partial charge in [-0.15, -0.1) is 0 Å². The van der Waals surface area contributed by atoms with Gasteiger partial charge in [0.25, 0.3) is 0 Å². The standard InChI is InChI=1S/C12H14BrF2N/c1-16-7-12(4-5-12)6-8-10(14)3-2-9(13)11(8)15/h2-3,16H,4-7H2,1H3. The number of hydrogen-bond donors (Lipinski definition) is 1. The maximum Gasteiger partial charge on any atom is 0.143 e. The van der Waals surface area contributed by atoms with Crippen LogP contribution in [0.25, 0.3) is 0 Å².